The van der Waals surface area contributed by atoms with E-state index in [0.29, 0.717) is 29.1 Å². The summed E-state index contributed by atoms with van der Waals surface area (Å²) in [6.45, 7) is 0. The molecule has 142 valence electrons. The number of nitriles is 1. The summed E-state index contributed by atoms with van der Waals surface area (Å²) in [6, 6.07) is 13.5. The topological polar surface area (TPSA) is 106 Å². The highest BCUT2D eigenvalue weighted by molar-refractivity contribution is 7.98. The van der Waals surface area contributed by atoms with Gasteiger partial charge in [0.1, 0.15) is 0 Å². The fourth-order valence-electron chi connectivity index (χ4n) is 3.02. The maximum Gasteiger partial charge on any atom is 0.257 e. The van der Waals surface area contributed by atoms with E-state index in [0.717, 1.165) is 34.9 Å². The molecule has 5 rings (SSSR count). The fourth-order valence-corrected chi connectivity index (χ4v) is 3.86. The van der Waals surface area contributed by atoms with Crippen LogP contribution in [0.4, 0.5) is 0 Å². The molecule has 4 aromatic rings. The Morgan fingerprint density at radius 1 is 1.14 bits per heavy atom. The van der Waals surface area contributed by atoms with E-state index >= 15 is 0 Å². The van der Waals surface area contributed by atoms with E-state index in [1.807, 2.05) is 18.2 Å². The van der Waals surface area contributed by atoms with E-state index < -0.39 is 0 Å². The van der Waals surface area contributed by atoms with Crippen LogP contribution in [0.1, 0.15) is 30.3 Å². The van der Waals surface area contributed by atoms with E-state index in [1.54, 1.807) is 30.6 Å². The molecule has 8 nitrogen and oxygen atoms in total. The Morgan fingerprint density at radius 2 is 2.00 bits per heavy atom. The van der Waals surface area contributed by atoms with Crippen LogP contribution in [0, 0.1) is 11.3 Å². The summed E-state index contributed by atoms with van der Waals surface area (Å²) in [5.41, 5.74) is 2.29. The summed E-state index contributed by atoms with van der Waals surface area (Å²) < 4.78 is 7.56. The number of thioether (sulfide) groups is 1. The number of nitrogens with zero attached hydrogens (tertiary/aromatic N) is 7. The fraction of sp³-hybridized carbons (Fsp3) is 0.200. The van der Waals surface area contributed by atoms with Gasteiger partial charge in [0.15, 0.2) is 16.8 Å². The van der Waals surface area contributed by atoms with Crippen molar-refractivity contribution >= 4 is 11.8 Å². The Balaban J connectivity index is 1.35. The standard InChI is InChI=1S/C20H15N7OS/c21-11-13-2-1-3-15(10-13)19-23-17(26-28-19)12-29-20-25-24-18(27(20)16-4-5-16)14-6-8-22-9-7-14/h1-3,6-10,16H,4-5,12H2. The molecule has 1 aliphatic rings. The summed E-state index contributed by atoms with van der Waals surface area (Å²) in [7, 11) is 0. The number of rotatable bonds is 6. The van der Waals surface area contributed by atoms with Gasteiger partial charge in [-0.25, -0.2) is 0 Å². The van der Waals surface area contributed by atoms with Gasteiger partial charge in [0.2, 0.25) is 0 Å². The SMILES string of the molecule is N#Cc1cccc(-c2nc(CSc3nnc(-c4ccncc4)n3C3CC3)no2)c1. The Labute approximate surface area is 170 Å². The molecule has 1 saturated carbocycles. The smallest absolute Gasteiger partial charge is 0.257 e. The summed E-state index contributed by atoms with van der Waals surface area (Å²) in [6.07, 6.45) is 5.78. The van der Waals surface area contributed by atoms with Crippen LogP contribution in [0.5, 0.6) is 0 Å². The number of benzene rings is 1. The molecule has 0 unspecified atom stereocenters. The normalized spacial score (nSPS) is 13.3. The largest absolute Gasteiger partial charge is 0.334 e. The quantitative estimate of drug-likeness (QED) is 0.448. The van der Waals surface area contributed by atoms with Gasteiger partial charge >= 0.3 is 0 Å². The monoisotopic (exact) mass is 401 g/mol. The molecule has 0 aliphatic heterocycles. The minimum Gasteiger partial charge on any atom is -0.334 e. The Bertz CT molecular complexity index is 1190. The zero-order valence-corrected chi connectivity index (χ0v) is 16.1. The first kappa shape index (κ1) is 17.6. The summed E-state index contributed by atoms with van der Waals surface area (Å²) in [5.74, 6) is 2.35. The van der Waals surface area contributed by atoms with Crippen molar-refractivity contribution in [2.45, 2.75) is 29.8 Å². The van der Waals surface area contributed by atoms with Crippen LogP contribution < -0.4 is 0 Å². The number of hydrogen-bond acceptors (Lipinski definition) is 8. The van der Waals surface area contributed by atoms with Gasteiger partial charge in [-0.05, 0) is 43.2 Å². The van der Waals surface area contributed by atoms with Crippen LogP contribution >= 0.6 is 11.8 Å². The second-order valence-corrected chi connectivity index (χ2v) is 7.58. The van der Waals surface area contributed by atoms with Crippen molar-refractivity contribution < 1.29 is 4.52 Å². The molecular weight excluding hydrogens is 386 g/mol. The predicted octanol–water partition coefficient (Wildman–Crippen LogP) is 3.89. The van der Waals surface area contributed by atoms with Crippen molar-refractivity contribution in [2.75, 3.05) is 0 Å². The highest BCUT2D eigenvalue weighted by atomic mass is 32.2. The minimum atomic E-state index is 0.402. The third kappa shape index (κ3) is 3.62. The molecule has 0 saturated heterocycles. The molecule has 1 fully saturated rings. The summed E-state index contributed by atoms with van der Waals surface area (Å²) >= 11 is 1.54. The van der Waals surface area contributed by atoms with Gasteiger partial charge in [-0.3, -0.25) is 9.55 Å². The number of aromatic nitrogens is 6. The molecule has 9 heteroatoms. The van der Waals surface area contributed by atoms with Gasteiger partial charge < -0.3 is 4.52 Å². The maximum atomic E-state index is 9.05. The van der Waals surface area contributed by atoms with Gasteiger partial charge in [0.25, 0.3) is 5.89 Å². The van der Waals surface area contributed by atoms with Crippen LogP contribution in [-0.4, -0.2) is 29.9 Å². The predicted molar refractivity (Wildman–Crippen MR) is 106 cm³/mol. The highest BCUT2D eigenvalue weighted by Gasteiger charge is 2.30. The minimum absolute atomic E-state index is 0.402. The first-order chi connectivity index (χ1) is 14.3. The van der Waals surface area contributed by atoms with E-state index in [-0.39, 0.29) is 0 Å². The van der Waals surface area contributed by atoms with Crippen LogP contribution in [0.15, 0.2) is 58.5 Å². The third-order valence-corrected chi connectivity index (χ3v) is 5.49. The second kappa shape index (κ2) is 7.48. The molecule has 0 bridgehead atoms. The van der Waals surface area contributed by atoms with E-state index in [9.17, 15) is 0 Å². The van der Waals surface area contributed by atoms with Crippen LogP contribution in [0.25, 0.3) is 22.8 Å². The Morgan fingerprint density at radius 3 is 2.79 bits per heavy atom. The molecule has 29 heavy (non-hydrogen) atoms. The Hall–Kier alpha value is -3.51. The van der Waals surface area contributed by atoms with E-state index in [2.05, 4.69) is 36.0 Å². The van der Waals surface area contributed by atoms with Gasteiger partial charge in [0.05, 0.1) is 17.4 Å². The lowest BCUT2D eigenvalue weighted by Gasteiger charge is -2.07. The lowest BCUT2D eigenvalue weighted by Crippen LogP contribution is -2.00. The molecular formula is C20H15N7OS. The number of hydrogen-bond donors (Lipinski definition) is 0. The van der Waals surface area contributed by atoms with Crippen molar-refractivity contribution in [3.63, 3.8) is 0 Å². The zero-order chi connectivity index (χ0) is 19.6. The summed E-state index contributed by atoms with van der Waals surface area (Å²) in [5, 5.41) is 22.7. The maximum absolute atomic E-state index is 9.05. The summed E-state index contributed by atoms with van der Waals surface area (Å²) in [4.78, 5) is 8.53. The zero-order valence-electron chi connectivity index (χ0n) is 15.3. The number of pyridine rings is 1. The molecule has 3 aromatic heterocycles. The third-order valence-electron chi connectivity index (χ3n) is 4.55. The first-order valence-electron chi connectivity index (χ1n) is 9.13. The molecule has 1 aliphatic carbocycles. The molecule has 0 amide bonds. The molecule has 0 atom stereocenters. The highest BCUT2D eigenvalue weighted by Crippen LogP contribution is 2.41. The van der Waals surface area contributed by atoms with Crippen LogP contribution in [0.2, 0.25) is 0 Å². The van der Waals surface area contributed by atoms with Crippen molar-refractivity contribution in [1.82, 2.24) is 29.9 Å². The lowest BCUT2D eigenvalue weighted by molar-refractivity contribution is 0.425. The van der Waals surface area contributed by atoms with Crippen molar-refractivity contribution in [1.29, 1.82) is 5.26 Å². The molecule has 0 N–H and O–H groups in total. The van der Waals surface area contributed by atoms with Crippen molar-refractivity contribution in [2.24, 2.45) is 0 Å². The van der Waals surface area contributed by atoms with Crippen molar-refractivity contribution in [3.05, 3.63) is 60.2 Å². The van der Waals surface area contributed by atoms with Gasteiger partial charge in [0, 0.05) is 29.6 Å². The Kier molecular flexibility index (Phi) is 4.54. The average molecular weight is 401 g/mol. The molecule has 1 aromatic carbocycles. The van der Waals surface area contributed by atoms with Crippen LogP contribution in [-0.2, 0) is 5.75 Å². The van der Waals surface area contributed by atoms with Gasteiger partial charge in [-0.1, -0.05) is 23.0 Å². The van der Waals surface area contributed by atoms with Crippen LogP contribution in [0.3, 0.4) is 0 Å². The first-order valence-corrected chi connectivity index (χ1v) is 10.1. The van der Waals surface area contributed by atoms with Crippen molar-refractivity contribution in [3.8, 4) is 28.9 Å². The van der Waals surface area contributed by atoms with Gasteiger partial charge in [-0.2, -0.15) is 10.2 Å². The molecule has 3 heterocycles. The molecule has 0 spiro atoms. The average Bonchev–Trinajstić information content (AvgIpc) is 3.34. The lowest BCUT2D eigenvalue weighted by atomic mass is 10.1. The van der Waals surface area contributed by atoms with E-state index in [4.69, 9.17) is 9.78 Å². The van der Waals surface area contributed by atoms with E-state index in [1.165, 1.54) is 11.8 Å². The molecule has 0 radical (unpaired) electrons. The van der Waals surface area contributed by atoms with Gasteiger partial charge in [-0.15, -0.1) is 10.2 Å². The second-order valence-electron chi connectivity index (χ2n) is 6.64.